The Morgan fingerprint density at radius 2 is 2.00 bits per heavy atom. The third-order valence-corrected chi connectivity index (χ3v) is 3.61. The Bertz CT molecular complexity index is 657. The van der Waals surface area contributed by atoms with Gasteiger partial charge in [0.25, 0.3) is 0 Å². The van der Waals surface area contributed by atoms with Crippen LogP contribution in [0.3, 0.4) is 0 Å². The molecule has 1 saturated heterocycles. The van der Waals surface area contributed by atoms with Gasteiger partial charge in [0.05, 0.1) is 25.5 Å². The minimum absolute atomic E-state index is 0.626. The topological polar surface area (TPSA) is 59.5 Å². The minimum atomic E-state index is 0.626. The van der Waals surface area contributed by atoms with Crippen LogP contribution in [0.4, 0.5) is 17.3 Å². The molecule has 0 radical (unpaired) electrons. The average Bonchev–Trinajstić information content (AvgIpc) is 2.57. The van der Waals surface area contributed by atoms with Crippen molar-refractivity contribution in [1.29, 1.82) is 0 Å². The second-order valence-corrected chi connectivity index (χ2v) is 5.31. The molecule has 1 aromatic heterocycles. The number of rotatable bonds is 5. The predicted octanol–water partition coefficient (Wildman–Crippen LogP) is 2.76. The molecule has 1 aromatic carbocycles. The number of nitrogens with one attached hydrogen (secondary N) is 1. The normalized spacial score (nSPS) is 14.6. The molecule has 2 heterocycles. The van der Waals surface area contributed by atoms with Crippen LogP contribution in [0.25, 0.3) is 0 Å². The van der Waals surface area contributed by atoms with Crippen molar-refractivity contribution < 1.29 is 9.47 Å². The summed E-state index contributed by atoms with van der Waals surface area (Å²) < 4.78 is 11.1. The zero-order valence-electron chi connectivity index (χ0n) is 13.6. The predicted molar refractivity (Wildman–Crippen MR) is 90.7 cm³/mol. The van der Waals surface area contributed by atoms with Crippen LogP contribution in [0.5, 0.6) is 5.75 Å². The van der Waals surface area contributed by atoms with Crippen LogP contribution >= 0.6 is 0 Å². The molecular weight excluding hydrogens is 292 g/mol. The van der Waals surface area contributed by atoms with Gasteiger partial charge in [-0.25, -0.2) is 9.97 Å². The van der Waals surface area contributed by atoms with Crippen LogP contribution in [0.15, 0.2) is 30.3 Å². The van der Waals surface area contributed by atoms with Gasteiger partial charge in [0.2, 0.25) is 0 Å². The number of aryl methyl sites for hydroxylation is 1. The van der Waals surface area contributed by atoms with E-state index in [1.54, 1.807) is 0 Å². The first-order valence-electron chi connectivity index (χ1n) is 7.93. The molecule has 1 aliphatic rings. The van der Waals surface area contributed by atoms with Crippen molar-refractivity contribution in [1.82, 2.24) is 9.97 Å². The van der Waals surface area contributed by atoms with E-state index in [1.165, 1.54) is 0 Å². The summed E-state index contributed by atoms with van der Waals surface area (Å²) in [5, 5.41) is 3.34. The second-order valence-electron chi connectivity index (χ2n) is 5.31. The number of aromatic nitrogens is 2. The number of hydrogen-bond donors (Lipinski definition) is 1. The number of ether oxygens (including phenoxy) is 2. The van der Waals surface area contributed by atoms with Crippen molar-refractivity contribution in [3.63, 3.8) is 0 Å². The van der Waals surface area contributed by atoms with Crippen LogP contribution in [-0.2, 0) is 4.74 Å². The highest BCUT2D eigenvalue weighted by Gasteiger charge is 2.14. The van der Waals surface area contributed by atoms with Crippen molar-refractivity contribution in [2.24, 2.45) is 0 Å². The van der Waals surface area contributed by atoms with E-state index < -0.39 is 0 Å². The minimum Gasteiger partial charge on any atom is -0.492 e. The first-order chi connectivity index (χ1) is 11.3. The molecule has 0 bridgehead atoms. The van der Waals surface area contributed by atoms with Gasteiger partial charge < -0.3 is 19.7 Å². The van der Waals surface area contributed by atoms with Crippen molar-refractivity contribution in [2.45, 2.75) is 13.8 Å². The summed E-state index contributed by atoms with van der Waals surface area (Å²) in [5.74, 6) is 3.26. The Hall–Kier alpha value is -2.34. The molecule has 0 aliphatic carbocycles. The van der Waals surface area contributed by atoms with Gasteiger partial charge in [0.1, 0.15) is 23.2 Å². The highest BCUT2D eigenvalue weighted by molar-refractivity contribution is 5.65. The SMILES string of the molecule is CCOc1ccccc1Nc1cc(N2CCOCC2)nc(C)n1. The molecule has 1 fully saturated rings. The van der Waals surface area contributed by atoms with Crippen molar-refractivity contribution in [3.05, 3.63) is 36.2 Å². The van der Waals surface area contributed by atoms with E-state index in [1.807, 2.05) is 44.2 Å². The molecule has 122 valence electrons. The third-order valence-electron chi connectivity index (χ3n) is 3.61. The summed E-state index contributed by atoms with van der Waals surface area (Å²) in [6.45, 7) is 7.68. The summed E-state index contributed by atoms with van der Waals surface area (Å²) in [6, 6.07) is 9.84. The molecule has 1 N–H and O–H groups in total. The van der Waals surface area contributed by atoms with Crippen molar-refractivity contribution >= 4 is 17.3 Å². The Morgan fingerprint density at radius 3 is 2.78 bits per heavy atom. The van der Waals surface area contributed by atoms with Crippen LogP contribution in [0, 0.1) is 6.92 Å². The lowest BCUT2D eigenvalue weighted by Gasteiger charge is -2.28. The number of anilines is 3. The van der Waals surface area contributed by atoms with Crippen molar-refractivity contribution in [3.8, 4) is 5.75 Å². The maximum atomic E-state index is 5.65. The number of nitrogens with zero attached hydrogens (tertiary/aromatic N) is 3. The molecule has 0 unspecified atom stereocenters. The lowest BCUT2D eigenvalue weighted by Crippen LogP contribution is -2.36. The Balaban J connectivity index is 1.84. The zero-order chi connectivity index (χ0) is 16.1. The number of para-hydroxylation sites is 2. The molecule has 0 saturated carbocycles. The van der Waals surface area contributed by atoms with Gasteiger partial charge in [-0.2, -0.15) is 0 Å². The van der Waals surface area contributed by atoms with Gasteiger partial charge in [-0.1, -0.05) is 12.1 Å². The van der Waals surface area contributed by atoms with Gasteiger partial charge in [-0.15, -0.1) is 0 Å². The average molecular weight is 314 g/mol. The zero-order valence-corrected chi connectivity index (χ0v) is 13.6. The highest BCUT2D eigenvalue weighted by atomic mass is 16.5. The van der Waals surface area contributed by atoms with E-state index in [4.69, 9.17) is 9.47 Å². The Morgan fingerprint density at radius 1 is 1.22 bits per heavy atom. The van der Waals surface area contributed by atoms with E-state index in [2.05, 4.69) is 20.2 Å². The molecule has 0 amide bonds. The van der Waals surface area contributed by atoms with Gasteiger partial charge in [0, 0.05) is 19.2 Å². The van der Waals surface area contributed by atoms with Crippen LogP contribution in [0.1, 0.15) is 12.7 Å². The quantitative estimate of drug-likeness (QED) is 0.916. The van der Waals surface area contributed by atoms with E-state index in [0.717, 1.165) is 55.2 Å². The first-order valence-corrected chi connectivity index (χ1v) is 7.93. The number of morpholine rings is 1. The molecule has 6 heteroatoms. The maximum Gasteiger partial charge on any atom is 0.142 e. The fourth-order valence-corrected chi connectivity index (χ4v) is 2.56. The summed E-state index contributed by atoms with van der Waals surface area (Å²) in [5.41, 5.74) is 0.903. The van der Waals surface area contributed by atoms with Crippen LogP contribution in [0.2, 0.25) is 0 Å². The van der Waals surface area contributed by atoms with Gasteiger partial charge in [0.15, 0.2) is 0 Å². The smallest absolute Gasteiger partial charge is 0.142 e. The molecule has 3 rings (SSSR count). The fourth-order valence-electron chi connectivity index (χ4n) is 2.56. The fraction of sp³-hybridized carbons (Fsp3) is 0.412. The molecule has 23 heavy (non-hydrogen) atoms. The standard InChI is InChI=1S/C17H22N4O2/c1-3-23-15-7-5-4-6-14(15)20-16-12-17(19-13(2)18-16)21-8-10-22-11-9-21/h4-7,12H,3,8-11H2,1-2H3,(H,18,19,20). The molecule has 2 aromatic rings. The molecule has 0 spiro atoms. The Labute approximate surface area is 136 Å². The number of benzene rings is 1. The monoisotopic (exact) mass is 314 g/mol. The summed E-state index contributed by atoms with van der Waals surface area (Å²) >= 11 is 0. The number of hydrogen-bond acceptors (Lipinski definition) is 6. The second kappa shape index (κ2) is 7.28. The summed E-state index contributed by atoms with van der Waals surface area (Å²) in [6.07, 6.45) is 0. The van der Waals surface area contributed by atoms with E-state index in [9.17, 15) is 0 Å². The molecule has 6 nitrogen and oxygen atoms in total. The molecular formula is C17H22N4O2. The summed E-state index contributed by atoms with van der Waals surface area (Å²) in [4.78, 5) is 11.3. The van der Waals surface area contributed by atoms with Crippen molar-refractivity contribution in [2.75, 3.05) is 43.1 Å². The lowest BCUT2D eigenvalue weighted by atomic mass is 10.3. The molecule has 0 atom stereocenters. The van der Waals surface area contributed by atoms with Crippen LogP contribution in [-0.4, -0.2) is 42.9 Å². The third kappa shape index (κ3) is 3.90. The van der Waals surface area contributed by atoms with Crippen LogP contribution < -0.4 is 15.0 Å². The molecule has 1 aliphatic heterocycles. The first kappa shape index (κ1) is 15.6. The van der Waals surface area contributed by atoms with E-state index >= 15 is 0 Å². The Kier molecular flexibility index (Phi) is 4.92. The lowest BCUT2D eigenvalue weighted by molar-refractivity contribution is 0.122. The summed E-state index contributed by atoms with van der Waals surface area (Å²) in [7, 11) is 0. The van der Waals surface area contributed by atoms with Gasteiger partial charge in [-0.3, -0.25) is 0 Å². The highest BCUT2D eigenvalue weighted by Crippen LogP contribution is 2.28. The van der Waals surface area contributed by atoms with Gasteiger partial charge >= 0.3 is 0 Å². The van der Waals surface area contributed by atoms with Gasteiger partial charge in [-0.05, 0) is 26.0 Å². The van der Waals surface area contributed by atoms with E-state index in [0.29, 0.717) is 6.61 Å². The largest absolute Gasteiger partial charge is 0.492 e. The maximum absolute atomic E-state index is 5.65. The van der Waals surface area contributed by atoms with E-state index in [-0.39, 0.29) is 0 Å².